The van der Waals surface area contributed by atoms with E-state index in [9.17, 15) is 9.59 Å². The quantitative estimate of drug-likeness (QED) is 0.533. The molecule has 140 valence electrons. The summed E-state index contributed by atoms with van der Waals surface area (Å²) in [6.07, 6.45) is 2.15. The number of nitrogens with one attached hydrogen (secondary N) is 2. The minimum Gasteiger partial charge on any atom is -0.408 e. The van der Waals surface area contributed by atoms with Gasteiger partial charge in [0.15, 0.2) is 5.58 Å². The Hall–Kier alpha value is -3.38. The van der Waals surface area contributed by atoms with Crippen LogP contribution in [0.25, 0.3) is 11.1 Å². The summed E-state index contributed by atoms with van der Waals surface area (Å²) in [4.78, 5) is 31.3. The Bertz CT molecular complexity index is 1170. The number of aromatic nitrogens is 2. The second kappa shape index (κ2) is 7.70. The SMILES string of the molecule is O=C(Nc1ccc2oc(=O)[nH]c2c1)C(Cc1ccccn1)c1ccc(Cl)cc1. The summed E-state index contributed by atoms with van der Waals surface area (Å²) in [6, 6.07) is 17.8. The number of rotatable bonds is 5. The lowest BCUT2D eigenvalue weighted by Crippen LogP contribution is -2.23. The predicted molar refractivity (Wildman–Crippen MR) is 108 cm³/mol. The van der Waals surface area contributed by atoms with Crippen molar-refractivity contribution < 1.29 is 9.21 Å². The number of nitrogens with zero attached hydrogens (tertiary/aromatic N) is 1. The highest BCUT2D eigenvalue weighted by molar-refractivity contribution is 6.30. The predicted octanol–water partition coefficient (Wildman–Crippen LogP) is 4.13. The molecule has 1 atom stereocenters. The Balaban J connectivity index is 1.62. The maximum Gasteiger partial charge on any atom is 0.417 e. The smallest absolute Gasteiger partial charge is 0.408 e. The van der Waals surface area contributed by atoms with E-state index in [0.29, 0.717) is 28.2 Å². The van der Waals surface area contributed by atoms with E-state index in [-0.39, 0.29) is 5.91 Å². The second-order valence-corrected chi connectivity index (χ2v) is 6.78. The molecule has 0 fully saturated rings. The van der Waals surface area contributed by atoms with Gasteiger partial charge in [-0.3, -0.25) is 14.8 Å². The number of fused-ring (bicyclic) bond motifs is 1. The highest BCUT2D eigenvalue weighted by Gasteiger charge is 2.22. The summed E-state index contributed by atoms with van der Waals surface area (Å²) in [5.41, 5.74) is 3.17. The van der Waals surface area contributed by atoms with Crippen LogP contribution in [0.1, 0.15) is 17.2 Å². The average Bonchev–Trinajstić information content (AvgIpc) is 3.07. The number of carbonyl (C=O) groups excluding carboxylic acids is 1. The molecule has 0 aliphatic heterocycles. The molecular weight excluding hydrogens is 378 g/mol. The average molecular weight is 394 g/mol. The molecule has 0 saturated heterocycles. The second-order valence-electron chi connectivity index (χ2n) is 6.34. The third-order valence-corrected chi connectivity index (χ3v) is 4.67. The van der Waals surface area contributed by atoms with Crippen molar-refractivity contribution in [2.45, 2.75) is 12.3 Å². The summed E-state index contributed by atoms with van der Waals surface area (Å²) in [6.45, 7) is 0. The van der Waals surface area contributed by atoms with E-state index in [4.69, 9.17) is 16.0 Å². The van der Waals surface area contributed by atoms with Gasteiger partial charge in [-0.05, 0) is 48.0 Å². The Labute approximate surface area is 165 Å². The zero-order valence-corrected chi connectivity index (χ0v) is 15.4. The summed E-state index contributed by atoms with van der Waals surface area (Å²) >= 11 is 5.99. The summed E-state index contributed by atoms with van der Waals surface area (Å²) in [5, 5.41) is 3.52. The fourth-order valence-electron chi connectivity index (χ4n) is 3.04. The maximum absolute atomic E-state index is 13.1. The normalized spacial score (nSPS) is 12.0. The van der Waals surface area contributed by atoms with Crippen LogP contribution in [-0.4, -0.2) is 15.9 Å². The maximum atomic E-state index is 13.1. The molecule has 2 aromatic heterocycles. The molecule has 0 radical (unpaired) electrons. The summed E-state index contributed by atoms with van der Waals surface area (Å²) in [7, 11) is 0. The lowest BCUT2D eigenvalue weighted by atomic mass is 9.93. The zero-order chi connectivity index (χ0) is 19.5. The molecule has 2 N–H and O–H groups in total. The molecule has 0 spiro atoms. The molecule has 0 aliphatic carbocycles. The van der Waals surface area contributed by atoms with Crippen LogP contribution in [0, 0.1) is 0 Å². The number of amides is 1. The van der Waals surface area contributed by atoms with Crippen molar-refractivity contribution in [3.8, 4) is 0 Å². The molecule has 2 aromatic carbocycles. The lowest BCUT2D eigenvalue weighted by molar-refractivity contribution is -0.117. The van der Waals surface area contributed by atoms with Crippen molar-refractivity contribution in [3.05, 3.63) is 93.7 Å². The number of aromatic amines is 1. The van der Waals surface area contributed by atoms with Crippen molar-refractivity contribution in [2.75, 3.05) is 5.32 Å². The third kappa shape index (κ3) is 3.97. The molecule has 28 heavy (non-hydrogen) atoms. The van der Waals surface area contributed by atoms with E-state index in [1.54, 1.807) is 36.5 Å². The van der Waals surface area contributed by atoms with Gasteiger partial charge in [0.2, 0.25) is 5.91 Å². The van der Waals surface area contributed by atoms with E-state index in [2.05, 4.69) is 15.3 Å². The molecule has 1 unspecified atom stereocenters. The van der Waals surface area contributed by atoms with Crippen LogP contribution in [0.2, 0.25) is 5.02 Å². The van der Waals surface area contributed by atoms with Gasteiger partial charge in [-0.15, -0.1) is 0 Å². The molecule has 0 aliphatic rings. The van der Waals surface area contributed by atoms with Crippen LogP contribution in [0.3, 0.4) is 0 Å². The largest absolute Gasteiger partial charge is 0.417 e. The van der Waals surface area contributed by atoms with Gasteiger partial charge in [0.25, 0.3) is 0 Å². The Morgan fingerprint density at radius 1 is 1.14 bits per heavy atom. The highest BCUT2D eigenvalue weighted by atomic mass is 35.5. The number of carbonyl (C=O) groups is 1. The molecule has 6 nitrogen and oxygen atoms in total. The van der Waals surface area contributed by atoms with Crippen molar-refractivity contribution in [2.24, 2.45) is 0 Å². The first-order chi connectivity index (χ1) is 13.6. The van der Waals surface area contributed by atoms with Gasteiger partial charge in [0, 0.05) is 29.0 Å². The standard InChI is InChI=1S/C21H16ClN3O3/c22-14-6-4-13(5-7-14)17(11-15-3-1-2-10-23-15)20(26)24-16-8-9-19-18(12-16)25-21(27)28-19/h1-10,12,17H,11H2,(H,24,26)(H,25,27). The molecule has 4 aromatic rings. The van der Waals surface area contributed by atoms with Gasteiger partial charge < -0.3 is 9.73 Å². The number of H-pyrrole nitrogens is 1. The van der Waals surface area contributed by atoms with E-state index in [0.717, 1.165) is 11.3 Å². The van der Waals surface area contributed by atoms with Crippen LogP contribution >= 0.6 is 11.6 Å². The summed E-state index contributed by atoms with van der Waals surface area (Å²) in [5.74, 6) is -1.17. The third-order valence-electron chi connectivity index (χ3n) is 4.41. The Morgan fingerprint density at radius 2 is 1.96 bits per heavy atom. The topological polar surface area (TPSA) is 88.0 Å². The minimum atomic E-state index is -0.535. The fraction of sp³-hybridized carbons (Fsp3) is 0.0952. The van der Waals surface area contributed by atoms with Gasteiger partial charge in [0.1, 0.15) is 0 Å². The molecule has 4 rings (SSSR count). The number of hydrogen-bond acceptors (Lipinski definition) is 4. The van der Waals surface area contributed by atoms with E-state index in [1.165, 1.54) is 0 Å². The van der Waals surface area contributed by atoms with Gasteiger partial charge in [0.05, 0.1) is 11.4 Å². The molecule has 2 heterocycles. The van der Waals surface area contributed by atoms with Crippen molar-refractivity contribution in [3.63, 3.8) is 0 Å². The van der Waals surface area contributed by atoms with Crippen LogP contribution in [0.5, 0.6) is 0 Å². The first-order valence-corrected chi connectivity index (χ1v) is 9.05. The monoisotopic (exact) mass is 393 g/mol. The van der Waals surface area contributed by atoms with Crippen molar-refractivity contribution in [1.29, 1.82) is 0 Å². The van der Waals surface area contributed by atoms with Crippen molar-refractivity contribution in [1.82, 2.24) is 9.97 Å². The minimum absolute atomic E-state index is 0.182. The zero-order valence-electron chi connectivity index (χ0n) is 14.7. The number of benzene rings is 2. The number of oxazole rings is 1. The highest BCUT2D eigenvalue weighted by Crippen LogP contribution is 2.25. The number of hydrogen-bond donors (Lipinski definition) is 2. The summed E-state index contributed by atoms with van der Waals surface area (Å²) < 4.78 is 4.99. The Morgan fingerprint density at radius 3 is 2.71 bits per heavy atom. The van der Waals surface area contributed by atoms with Crippen LogP contribution in [0.15, 0.2) is 76.1 Å². The first kappa shape index (κ1) is 18.0. The Kier molecular flexibility index (Phi) is 4.95. The van der Waals surface area contributed by atoms with Crippen LogP contribution in [-0.2, 0) is 11.2 Å². The van der Waals surface area contributed by atoms with E-state index >= 15 is 0 Å². The van der Waals surface area contributed by atoms with Gasteiger partial charge in [-0.25, -0.2) is 4.79 Å². The fourth-order valence-corrected chi connectivity index (χ4v) is 3.17. The molecule has 1 amide bonds. The molecule has 0 saturated carbocycles. The first-order valence-electron chi connectivity index (χ1n) is 8.67. The van der Waals surface area contributed by atoms with E-state index in [1.807, 2.05) is 30.3 Å². The molecular formula is C21H16ClN3O3. The van der Waals surface area contributed by atoms with E-state index < -0.39 is 11.7 Å². The van der Waals surface area contributed by atoms with Crippen molar-refractivity contribution >= 4 is 34.3 Å². The lowest BCUT2D eigenvalue weighted by Gasteiger charge is -2.17. The van der Waals surface area contributed by atoms with Crippen LogP contribution in [0.4, 0.5) is 5.69 Å². The van der Waals surface area contributed by atoms with Gasteiger partial charge in [-0.2, -0.15) is 0 Å². The number of pyridine rings is 1. The number of halogens is 1. The van der Waals surface area contributed by atoms with Gasteiger partial charge >= 0.3 is 5.76 Å². The number of anilines is 1. The molecule has 7 heteroatoms. The van der Waals surface area contributed by atoms with Gasteiger partial charge in [-0.1, -0.05) is 29.8 Å². The van der Waals surface area contributed by atoms with Crippen LogP contribution < -0.4 is 11.1 Å². The molecule has 0 bridgehead atoms.